The third kappa shape index (κ3) is 3.82. The molecule has 122 valence electrons. The number of nitrogens with zero attached hydrogens (tertiary/aromatic N) is 1. The molecular weight excluding hydrogens is 286 g/mol. The lowest BCUT2D eigenvalue weighted by Crippen LogP contribution is -2.40. The Morgan fingerprint density at radius 1 is 1.17 bits per heavy atom. The van der Waals surface area contributed by atoms with E-state index in [1.807, 2.05) is 47.4 Å². The van der Waals surface area contributed by atoms with Crippen LogP contribution >= 0.6 is 0 Å². The van der Waals surface area contributed by atoms with Gasteiger partial charge in [-0.25, -0.2) is 0 Å². The van der Waals surface area contributed by atoms with E-state index in [-0.39, 0.29) is 5.91 Å². The molecular formula is C19H25N3O. The zero-order valence-corrected chi connectivity index (χ0v) is 13.7. The highest BCUT2D eigenvalue weighted by molar-refractivity contribution is 5.93. The number of piperidine rings is 1. The van der Waals surface area contributed by atoms with Crippen molar-refractivity contribution in [2.45, 2.75) is 19.8 Å². The molecule has 3 rings (SSSR count). The number of H-pyrrole nitrogens is 1. The summed E-state index contributed by atoms with van der Waals surface area (Å²) in [6.45, 7) is 5.93. The van der Waals surface area contributed by atoms with Gasteiger partial charge in [0.15, 0.2) is 0 Å². The minimum Gasteiger partial charge on any atom is -0.351 e. The van der Waals surface area contributed by atoms with Crippen molar-refractivity contribution >= 4 is 5.91 Å². The molecule has 2 heterocycles. The Bertz CT molecular complexity index is 627. The molecule has 0 unspecified atom stereocenters. The fourth-order valence-electron chi connectivity index (χ4n) is 3.16. The molecule has 2 aromatic rings. The Morgan fingerprint density at radius 2 is 1.91 bits per heavy atom. The fourth-order valence-corrected chi connectivity index (χ4v) is 3.16. The Balaban J connectivity index is 1.60. The van der Waals surface area contributed by atoms with Crippen molar-refractivity contribution in [2.24, 2.45) is 5.92 Å². The molecule has 0 atom stereocenters. The quantitative estimate of drug-likeness (QED) is 0.891. The molecule has 1 aromatic carbocycles. The van der Waals surface area contributed by atoms with Gasteiger partial charge in [-0.1, -0.05) is 37.3 Å². The molecule has 1 fully saturated rings. The van der Waals surface area contributed by atoms with Crippen molar-refractivity contribution < 1.29 is 4.79 Å². The second-order valence-electron chi connectivity index (χ2n) is 6.19. The largest absolute Gasteiger partial charge is 0.351 e. The van der Waals surface area contributed by atoms with Gasteiger partial charge in [0, 0.05) is 18.8 Å². The second kappa shape index (κ2) is 7.47. The summed E-state index contributed by atoms with van der Waals surface area (Å²) in [6, 6.07) is 14.0. The van der Waals surface area contributed by atoms with E-state index in [2.05, 4.69) is 17.2 Å². The van der Waals surface area contributed by atoms with Crippen LogP contribution in [0.15, 0.2) is 42.5 Å². The molecule has 23 heavy (non-hydrogen) atoms. The van der Waals surface area contributed by atoms with E-state index in [1.54, 1.807) is 0 Å². The summed E-state index contributed by atoms with van der Waals surface area (Å²) < 4.78 is 0. The van der Waals surface area contributed by atoms with Crippen LogP contribution < -0.4 is 5.32 Å². The summed E-state index contributed by atoms with van der Waals surface area (Å²) in [5.74, 6) is 0.816. The predicted molar refractivity (Wildman–Crippen MR) is 93.4 cm³/mol. The van der Waals surface area contributed by atoms with Crippen molar-refractivity contribution in [3.63, 3.8) is 0 Å². The maximum absolute atomic E-state index is 12.6. The van der Waals surface area contributed by atoms with Crippen LogP contribution in [0.5, 0.6) is 0 Å². The van der Waals surface area contributed by atoms with Gasteiger partial charge in [-0.05, 0) is 49.5 Å². The number of nitrogens with one attached hydrogen (secondary N) is 2. The second-order valence-corrected chi connectivity index (χ2v) is 6.19. The van der Waals surface area contributed by atoms with Crippen LogP contribution in [0.2, 0.25) is 0 Å². The van der Waals surface area contributed by atoms with E-state index in [1.165, 1.54) is 0 Å². The number of carbonyl (C=O) groups excluding carboxylic acids is 1. The first-order chi connectivity index (χ1) is 11.3. The number of rotatable bonds is 5. The lowest BCUT2D eigenvalue weighted by atomic mass is 9.96. The Kier molecular flexibility index (Phi) is 5.13. The van der Waals surface area contributed by atoms with Gasteiger partial charge in [0.25, 0.3) is 5.91 Å². The number of amides is 1. The molecule has 2 N–H and O–H groups in total. The summed E-state index contributed by atoms with van der Waals surface area (Å²) >= 11 is 0. The Morgan fingerprint density at radius 3 is 2.61 bits per heavy atom. The number of benzene rings is 1. The molecule has 0 spiro atoms. The third-order valence-corrected chi connectivity index (χ3v) is 4.59. The maximum Gasteiger partial charge on any atom is 0.270 e. The van der Waals surface area contributed by atoms with E-state index in [0.29, 0.717) is 11.6 Å². The minimum absolute atomic E-state index is 0.120. The standard InChI is InChI=1S/C19H25N3O/c1-2-20-14-15-10-12-22(13-11-15)19(23)18-9-8-17(21-18)16-6-4-3-5-7-16/h3-9,15,20-21H,2,10-14H2,1H3. The number of likely N-dealkylation sites (tertiary alicyclic amines) is 1. The highest BCUT2D eigenvalue weighted by atomic mass is 16.2. The average Bonchev–Trinajstić information content (AvgIpc) is 3.11. The summed E-state index contributed by atoms with van der Waals surface area (Å²) in [7, 11) is 0. The first-order valence-electron chi connectivity index (χ1n) is 8.52. The van der Waals surface area contributed by atoms with E-state index < -0.39 is 0 Å². The van der Waals surface area contributed by atoms with Gasteiger partial charge in [0.1, 0.15) is 5.69 Å². The number of hydrogen-bond acceptors (Lipinski definition) is 2. The first kappa shape index (κ1) is 15.8. The van der Waals surface area contributed by atoms with E-state index in [0.717, 1.165) is 50.3 Å². The van der Waals surface area contributed by atoms with Crippen molar-refractivity contribution in [3.8, 4) is 11.3 Å². The molecule has 0 aliphatic carbocycles. The summed E-state index contributed by atoms with van der Waals surface area (Å²) in [5, 5.41) is 3.41. The van der Waals surface area contributed by atoms with Crippen molar-refractivity contribution in [3.05, 3.63) is 48.2 Å². The molecule has 0 radical (unpaired) electrons. The summed E-state index contributed by atoms with van der Waals surface area (Å²) in [4.78, 5) is 17.9. The first-order valence-corrected chi connectivity index (χ1v) is 8.52. The average molecular weight is 311 g/mol. The molecule has 1 aliphatic heterocycles. The number of hydrogen-bond donors (Lipinski definition) is 2. The van der Waals surface area contributed by atoms with Gasteiger partial charge >= 0.3 is 0 Å². The molecule has 0 saturated carbocycles. The number of aromatic amines is 1. The number of aromatic nitrogens is 1. The van der Waals surface area contributed by atoms with Crippen LogP contribution in [-0.4, -0.2) is 42.0 Å². The van der Waals surface area contributed by atoms with Crippen LogP contribution in [0.3, 0.4) is 0 Å². The molecule has 4 nitrogen and oxygen atoms in total. The van der Waals surface area contributed by atoms with Gasteiger partial charge in [0.05, 0.1) is 0 Å². The summed E-state index contributed by atoms with van der Waals surface area (Å²) in [6.07, 6.45) is 2.18. The predicted octanol–water partition coefficient (Wildman–Crippen LogP) is 3.14. The molecule has 4 heteroatoms. The lowest BCUT2D eigenvalue weighted by molar-refractivity contribution is 0.0685. The molecule has 1 saturated heterocycles. The molecule has 1 amide bonds. The van der Waals surface area contributed by atoms with Crippen LogP contribution in [0, 0.1) is 5.92 Å². The molecule has 0 bridgehead atoms. The SMILES string of the molecule is CCNCC1CCN(C(=O)c2ccc(-c3ccccc3)[nH]2)CC1. The van der Waals surface area contributed by atoms with E-state index in [9.17, 15) is 4.79 Å². The monoisotopic (exact) mass is 311 g/mol. The molecule has 1 aliphatic rings. The van der Waals surface area contributed by atoms with Crippen LogP contribution in [0.25, 0.3) is 11.3 Å². The highest BCUT2D eigenvalue weighted by Crippen LogP contribution is 2.21. The van der Waals surface area contributed by atoms with Gasteiger partial charge in [-0.3, -0.25) is 4.79 Å². The van der Waals surface area contributed by atoms with Gasteiger partial charge in [-0.2, -0.15) is 0 Å². The van der Waals surface area contributed by atoms with E-state index >= 15 is 0 Å². The Hall–Kier alpha value is -2.07. The summed E-state index contributed by atoms with van der Waals surface area (Å²) in [5.41, 5.74) is 2.79. The normalized spacial score (nSPS) is 15.8. The molecule has 1 aromatic heterocycles. The topological polar surface area (TPSA) is 48.1 Å². The van der Waals surface area contributed by atoms with Crippen LogP contribution in [-0.2, 0) is 0 Å². The van der Waals surface area contributed by atoms with Crippen molar-refractivity contribution in [2.75, 3.05) is 26.2 Å². The van der Waals surface area contributed by atoms with Gasteiger partial charge < -0.3 is 15.2 Å². The minimum atomic E-state index is 0.120. The zero-order valence-electron chi connectivity index (χ0n) is 13.7. The number of carbonyl (C=O) groups is 1. The Labute approximate surface area is 137 Å². The fraction of sp³-hybridized carbons (Fsp3) is 0.421. The zero-order chi connectivity index (χ0) is 16.1. The smallest absolute Gasteiger partial charge is 0.270 e. The van der Waals surface area contributed by atoms with Crippen molar-refractivity contribution in [1.82, 2.24) is 15.2 Å². The maximum atomic E-state index is 12.6. The lowest BCUT2D eigenvalue weighted by Gasteiger charge is -2.31. The third-order valence-electron chi connectivity index (χ3n) is 4.59. The van der Waals surface area contributed by atoms with Crippen molar-refractivity contribution in [1.29, 1.82) is 0 Å². The van der Waals surface area contributed by atoms with Gasteiger partial charge in [0.2, 0.25) is 0 Å². The highest BCUT2D eigenvalue weighted by Gasteiger charge is 2.24. The van der Waals surface area contributed by atoms with Gasteiger partial charge in [-0.15, -0.1) is 0 Å². The van der Waals surface area contributed by atoms with E-state index in [4.69, 9.17) is 0 Å². The van der Waals surface area contributed by atoms with Crippen LogP contribution in [0.1, 0.15) is 30.3 Å². The van der Waals surface area contributed by atoms with Crippen LogP contribution in [0.4, 0.5) is 0 Å².